The molecule has 0 saturated heterocycles. The maximum Gasteiger partial charge on any atom is 0.230 e. The van der Waals surface area contributed by atoms with Gasteiger partial charge in [0.2, 0.25) is 5.91 Å². The molecule has 2 rings (SSSR count). The van der Waals surface area contributed by atoms with Gasteiger partial charge in [-0.3, -0.25) is 9.59 Å². The van der Waals surface area contributed by atoms with Crippen molar-refractivity contribution < 1.29 is 9.59 Å². The number of nitrogens with one attached hydrogen (secondary N) is 1. The van der Waals surface area contributed by atoms with Crippen molar-refractivity contribution in [1.29, 1.82) is 0 Å². The van der Waals surface area contributed by atoms with Crippen LogP contribution in [0.1, 0.15) is 10.4 Å². The second kappa shape index (κ2) is 8.16. The number of Topliss-reactive ketones (excluding diaryl/α,β-unsaturated/α-hetero) is 1. The second-order valence-electron chi connectivity index (χ2n) is 3.87. The monoisotopic (exact) mass is 339 g/mol. The van der Waals surface area contributed by atoms with E-state index in [9.17, 15) is 9.59 Å². The molecule has 1 N–H and O–H groups in total. The van der Waals surface area contributed by atoms with E-state index in [-0.39, 0.29) is 11.7 Å². The largest absolute Gasteiger partial charge is 0.358 e. The Bertz CT molecular complexity index is 616. The van der Waals surface area contributed by atoms with Gasteiger partial charge in [0.15, 0.2) is 14.5 Å². The highest BCUT2D eigenvalue weighted by molar-refractivity contribution is 8.03. The minimum atomic E-state index is -0.0522. The van der Waals surface area contributed by atoms with E-state index in [0.29, 0.717) is 17.1 Å². The molecule has 110 valence electrons. The van der Waals surface area contributed by atoms with Crippen LogP contribution in [-0.4, -0.2) is 40.4 Å². The molecule has 0 fully saturated rings. The second-order valence-corrected chi connectivity index (χ2v) is 7.30. The van der Waals surface area contributed by atoms with Crippen molar-refractivity contribution in [2.24, 2.45) is 0 Å². The Hall–Kier alpha value is -1.38. The van der Waals surface area contributed by atoms with Crippen LogP contribution < -0.4 is 5.32 Å². The summed E-state index contributed by atoms with van der Waals surface area (Å²) in [5.74, 6) is 0.663. The minimum absolute atomic E-state index is 0.0522. The molecule has 2 aromatic rings. The van der Waals surface area contributed by atoms with Crippen LogP contribution in [0.2, 0.25) is 0 Å². The molecule has 1 aromatic heterocycles. The quantitative estimate of drug-likeness (QED) is 0.617. The van der Waals surface area contributed by atoms with E-state index in [2.05, 4.69) is 15.5 Å². The molecule has 0 unspecified atom stereocenters. The number of ketones is 1. The van der Waals surface area contributed by atoms with Crippen LogP contribution in [0, 0.1) is 0 Å². The fourth-order valence-electron chi connectivity index (χ4n) is 1.35. The first-order chi connectivity index (χ1) is 10.2. The summed E-state index contributed by atoms with van der Waals surface area (Å²) < 4.78 is 1.46. The molecule has 8 heteroatoms. The lowest BCUT2D eigenvalue weighted by atomic mass is 10.2. The van der Waals surface area contributed by atoms with Crippen LogP contribution in [0.5, 0.6) is 0 Å². The van der Waals surface area contributed by atoms with Crippen molar-refractivity contribution in [1.82, 2.24) is 15.5 Å². The molecule has 0 atom stereocenters. The van der Waals surface area contributed by atoms with Gasteiger partial charge >= 0.3 is 0 Å². The Morgan fingerprint density at radius 2 is 1.71 bits per heavy atom. The van der Waals surface area contributed by atoms with Gasteiger partial charge in [0.1, 0.15) is 0 Å². The lowest BCUT2D eigenvalue weighted by Gasteiger charge is -1.98. The molecule has 21 heavy (non-hydrogen) atoms. The lowest BCUT2D eigenvalue weighted by Crippen LogP contribution is -2.19. The Morgan fingerprint density at radius 1 is 1.10 bits per heavy atom. The van der Waals surface area contributed by atoms with E-state index >= 15 is 0 Å². The van der Waals surface area contributed by atoms with Gasteiger partial charge in [-0.2, -0.15) is 0 Å². The predicted octanol–water partition coefficient (Wildman–Crippen LogP) is 2.35. The Balaban J connectivity index is 1.83. The standard InChI is InChI=1S/C13H13N3O2S3/c1-14-11(18)8-20-13-16-15-12(21-13)19-7-10(17)9-5-3-2-4-6-9/h2-6H,7-8H2,1H3,(H,14,18). The van der Waals surface area contributed by atoms with Crippen LogP contribution >= 0.6 is 34.9 Å². The third kappa shape index (κ3) is 5.14. The SMILES string of the molecule is CNC(=O)CSc1nnc(SCC(=O)c2ccccc2)s1. The summed E-state index contributed by atoms with van der Waals surface area (Å²) in [5.41, 5.74) is 0.698. The smallest absolute Gasteiger partial charge is 0.230 e. The first kappa shape index (κ1) is 16.0. The summed E-state index contributed by atoms with van der Waals surface area (Å²) in [5, 5.41) is 10.6. The van der Waals surface area contributed by atoms with E-state index in [1.165, 1.54) is 34.9 Å². The van der Waals surface area contributed by atoms with Gasteiger partial charge in [0, 0.05) is 12.6 Å². The van der Waals surface area contributed by atoms with Crippen molar-refractivity contribution in [3.63, 3.8) is 0 Å². The van der Waals surface area contributed by atoms with Gasteiger partial charge in [0.05, 0.1) is 11.5 Å². The molecule has 0 bridgehead atoms. The molecule has 1 heterocycles. The molecule has 0 aliphatic heterocycles. The highest BCUT2D eigenvalue weighted by atomic mass is 32.2. The fraction of sp³-hybridized carbons (Fsp3) is 0.231. The first-order valence-electron chi connectivity index (χ1n) is 6.07. The van der Waals surface area contributed by atoms with E-state index < -0.39 is 0 Å². The van der Waals surface area contributed by atoms with Gasteiger partial charge in [-0.1, -0.05) is 65.2 Å². The molecule has 1 amide bonds. The topological polar surface area (TPSA) is 72.0 Å². The minimum Gasteiger partial charge on any atom is -0.358 e. The zero-order chi connectivity index (χ0) is 15.1. The zero-order valence-electron chi connectivity index (χ0n) is 11.2. The average Bonchev–Trinajstić information content (AvgIpc) is 2.99. The van der Waals surface area contributed by atoms with Crippen LogP contribution in [0.4, 0.5) is 0 Å². The molecule has 0 saturated carbocycles. The molecule has 5 nitrogen and oxygen atoms in total. The van der Waals surface area contributed by atoms with E-state index in [0.717, 1.165) is 8.68 Å². The van der Waals surface area contributed by atoms with Crippen molar-refractivity contribution in [2.75, 3.05) is 18.6 Å². The molecular formula is C13H13N3O2S3. The van der Waals surface area contributed by atoms with Crippen molar-refractivity contribution in [3.05, 3.63) is 35.9 Å². The van der Waals surface area contributed by atoms with Crippen molar-refractivity contribution in [2.45, 2.75) is 8.68 Å². The number of nitrogens with zero attached hydrogens (tertiary/aromatic N) is 2. The Kier molecular flexibility index (Phi) is 6.21. The summed E-state index contributed by atoms with van der Waals surface area (Å²) in [7, 11) is 1.60. The van der Waals surface area contributed by atoms with Gasteiger partial charge in [-0.05, 0) is 0 Å². The number of aromatic nitrogens is 2. The van der Waals surface area contributed by atoms with Crippen LogP contribution in [0.15, 0.2) is 39.0 Å². The number of thioether (sulfide) groups is 2. The Morgan fingerprint density at radius 3 is 2.33 bits per heavy atom. The molecule has 0 aliphatic rings. The van der Waals surface area contributed by atoms with E-state index in [4.69, 9.17) is 0 Å². The van der Waals surface area contributed by atoms with E-state index in [1.807, 2.05) is 18.2 Å². The van der Waals surface area contributed by atoms with Crippen LogP contribution in [0.25, 0.3) is 0 Å². The zero-order valence-corrected chi connectivity index (χ0v) is 13.7. The number of benzene rings is 1. The average molecular weight is 339 g/mol. The third-order valence-corrected chi connectivity index (χ3v) is 5.61. The van der Waals surface area contributed by atoms with Gasteiger partial charge < -0.3 is 5.32 Å². The highest BCUT2D eigenvalue weighted by Crippen LogP contribution is 2.28. The predicted molar refractivity (Wildman–Crippen MR) is 86.2 cm³/mol. The summed E-state index contributed by atoms with van der Waals surface area (Å²) >= 11 is 4.10. The molecule has 0 aliphatic carbocycles. The highest BCUT2D eigenvalue weighted by Gasteiger charge is 2.11. The molecular weight excluding hydrogens is 326 g/mol. The first-order valence-corrected chi connectivity index (χ1v) is 8.85. The van der Waals surface area contributed by atoms with Gasteiger partial charge in [-0.15, -0.1) is 10.2 Å². The number of hydrogen-bond acceptors (Lipinski definition) is 7. The number of carbonyl (C=O) groups excluding carboxylic acids is 2. The normalized spacial score (nSPS) is 10.3. The Labute approximate surface area is 134 Å². The third-order valence-electron chi connectivity index (χ3n) is 2.42. The van der Waals surface area contributed by atoms with Crippen LogP contribution in [-0.2, 0) is 4.79 Å². The van der Waals surface area contributed by atoms with Crippen molar-refractivity contribution in [3.8, 4) is 0 Å². The maximum absolute atomic E-state index is 12.0. The van der Waals surface area contributed by atoms with Crippen LogP contribution in [0.3, 0.4) is 0 Å². The fourth-order valence-corrected chi connectivity index (χ4v) is 4.13. The van der Waals surface area contributed by atoms with Crippen molar-refractivity contribution >= 4 is 46.6 Å². The molecule has 1 aromatic carbocycles. The summed E-state index contributed by atoms with van der Waals surface area (Å²) in [6.07, 6.45) is 0. The number of hydrogen-bond donors (Lipinski definition) is 1. The summed E-state index contributed by atoms with van der Waals surface area (Å²) in [4.78, 5) is 23.1. The summed E-state index contributed by atoms with van der Waals surface area (Å²) in [6.45, 7) is 0. The summed E-state index contributed by atoms with van der Waals surface area (Å²) in [6, 6.07) is 9.17. The number of amides is 1. The maximum atomic E-state index is 12.0. The number of carbonyl (C=O) groups is 2. The lowest BCUT2D eigenvalue weighted by molar-refractivity contribution is -0.118. The number of rotatable bonds is 7. The molecule has 0 radical (unpaired) electrons. The molecule has 0 spiro atoms. The van der Waals surface area contributed by atoms with Gasteiger partial charge in [0.25, 0.3) is 0 Å². The van der Waals surface area contributed by atoms with E-state index in [1.54, 1.807) is 19.2 Å². The van der Waals surface area contributed by atoms with Gasteiger partial charge in [-0.25, -0.2) is 0 Å².